The van der Waals surface area contributed by atoms with Crippen molar-refractivity contribution in [3.8, 4) is 11.6 Å². The Morgan fingerprint density at radius 2 is 1.55 bits per heavy atom. The van der Waals surface area contributed by atoms with E-state index in [0.717, 1.165) is 33.6 Å². The molecule has 1 N–H and O–H groups in total. The molecule has 5 heteroatoms. The molecule has 0 saturated carbocycles. The molecule has 1 atom stereocenters. The Hall–Kier alpha value is -4.12. The zero-order chi connectivity index (χ0) is 22.4. The maximum absolute atomic E-state index is 13.4. The van der Waals surface area contributed by atoms with Gasteiger partial charge in [-0.1, -0.05) is 78.9 Å². The summed E-state index contributed by atoms with van der Waals surface area (Å²) in [5.41, 5.74) is 4.54. The van der Waals surface area contributed by atoms with Crippen molar-refractivity contribution in [2.45, 2.75) is 11.3 Å². The highest BCUT2D eigenvalue weighted by Gasteiger charge is 2.55. The summed E-state index contributed by atoms with van der Waals surface area (Å²) in [5, 5.41) is 3.04. The second-order valence-electron chi connectivity index (χ2n) is 8.37. The van der Waals surface area contributed by atoms with Crippen molar-refractivity contribution < 1.29 is 14.3 Å². The van der Waals surface area contributed by atoms with Crippen LogP contribution in [0.15, 0.2) is 91.0 Å². The lowest BCUT2D eigenvalue weighted by Crippen LogP contribution is -2.37. The summed E-state index contributed by atoms with van der Waals surface area (Å²) in [5.74, 6) is 0.853. The van der Waals surface area contributed by atoms with Crippen molar-refractivity contribution in [3.05, 3.63) is 119 Å². The third kappa shape index (κ3) is 2.85. The standard InChI is InChI=1S/C28H22N2O3/c1-32-23-16-21-26(33-17-28(21)20-14-8-9-15-22(20)29-27(28)31)25(30-23)24(18-10-4-2-5-11-18)19-12-6-3-7-13-19/h2-16,24H,17H2,1H3,(H,29,31). The number of hydrogen-bond acceptors (Lipinski definition) is 4. The van der Waals surface area contributed by atoms with E-state index in [-0.39, 0.29) is 18.4 Å². The molecule has 0 saturated heterocycles. The number of pyridine rings is 1. The zero-order valence-corrected chi connectivity index (χ0v) is 18.1. The Bertz CT molecular complexity index is 1310. The smallest absolute Gasteiger partial charge is 0.243 e. The number of hydrogen-bond donors (Lipinski definition) is 1. The molecule has 1 spiro atoms. The van der Waals surface area contributed by atoms with Gasteiger partial charge < -0.3 is 14.8 Å². The highest BCUT2D eigenvalue weighted by Crippen LogP contribution is 2.53. The average Bonchev–Trinajstić information content (AvgIpc) is 3.39. The van der Waals surface area contributed by atoms with Crippen LogP contribution in [0.3, 0.4) is 0 Å². The third-order valence-corrected chi connectivity index (χ3v) is 6.64. The first-order valence-electron chi connectivity index (χ1n) is 11.0. The molecule has 1 aromatic heterocycles. The number of methoxy groups -OCH3 is 1. The van der Waals surface area contributed by atoms with Gasteiger partial charge in [0.1, 0.15) is 17.8 Å². The maximum Gasteiger partial charge on any atom is 0.243 e. The lowest BCUT2D eigenvalue weighted by Gasteiger charge is -2.23. The van der Waals surface area contributed by atoms with Crippen LogP contribution in [0.5, 0.6) is 11.6 Å². The van der Waals surface area contributed by atoms with Crippen LogP contribution in [0.4, 0.5) is 5.69 Å². The summed E-state index contributed by atoms with van der Waals surface area (Å²) < 4.78 is 12.0. The number of carbonyl (C=O) groups is 1. The van der Waals surface area contributed by atoms with Crippen LogP contribution >= 0.6 is 0 Å². The van der Waals surface area contributed by atoms with Gasteiger partial charge in [0.2, 0.25) is 11.8 Å². The van der Waals surface area contributed by atoms with Gasteiger partial charge in [-0.25, -0.2) is 4.98 Å². The van der Waals surface area contributed by atoms with E-state index < -0.39 is 5.41 Å². The van der Waals surface area contributed by atoms with Crippen LogP contribution in [0.2, 0.25) is 0 Å². The second kappa shape index (κ2) is 7.48. The van der Waals surface area contributed by atoms with Crippen LogP contribution in [-0.2, 0) is 10.2 Å². The van der Waals surface area contributed by atoms with Gasteiger partial charge in [-0.2, -0.15) is 0 Å². The molecule has 0 aliphatic carbocycles. The molecule has 0 radical (unpaired) electrons. The Labute approximate surface area is 192 Å². The minimum Gasteiger partial charge on any atom is -0.489 e. The fourth-order valence-electron chi connectivity index (χ4n) is 5.08. The van der Waals surface area contributed by atoms with E-state index in [4.69, 9.17) is 14.5 Å². The fourth-order valence-corrected chi connectivity index (χ4v) is 5.08. The van der Waals surface area contributed by atoms with Crippen molar-refractivity contribution in [2.75, 3.05) is 19.0 Å². The van der Waals surface area contributed by atoms with E-state index in [1.807, 2.05) is 66.7 Å². The normalized spacial score (nSPS) is 18.1. The summed E-state index contributed by atoms with van der Waals surface area (Å²) in [6.45, 7) is 0.226. The van der Waals surface area contributed by atoms with Crippen LogP contribution in [-0.4, -0.2) is 24.6 Å². The van der Waals surface area contributed by atoms with Gasteiger partial charge in [0.05, 0.1) is 18.7 Å². The molecule has 1 amide bonds. The highest BCUT2D eigenvalue weighted by atomic mass is 16.5. The molecule has 4 aromatic rings. The zero-order valence-electron chi connectivity index (χ0n) is 18.1. The van der Waals surface area contributed by atoms with Crippen LogP contribution in [0.25, 0.3) is 0 Å². The van der Waals surface area contributed by atoms with Crippen LogP contribution in [0, 0.1) is 0 Å². The quantitative estimate of drug-likeness (QED) is 0.496. The number of carbonyl (C=O) groups excluding carboxylic acids is 1. The van der Waals surface area contributed by atoms with Gasteiger partial charge in [0.25, 0.3) is 0 Å². The van der Waals surface area contributed by atoms with Crippen molar-refractivity contribution >= 4 is 11.6 Å². The molecule has 33 heavy (non-hydrogen) atoms. The number of benzene rings is 3. The van der Waals surface area contributed by atoms with Gasteiger partial charge in [0, 0.05) is 17.3 Å². The summed E-state index contributed by atoms with van der Waals surface area (Å²) in [7, 11) is 1.60. The highest BCUT2D eigenvalue weighted by molar-refractivity contribution is 6.10. The first-order chi connectivity index (χ1) is 16.2. The molecular formula is C28H22N2O3. The number of amides is 1. The van der Waals surface area contributed by atoms with Crippen LogP contribution < -0.4 is 14.8 Å². The maximum atomic E-state index is 13.4. The molecule has 3 aromatic carbocycles. The largest absolute Gasteiger partial charge is 0.489 e. The number of fused-ring (bicyclic) bond motifs is 4. The minimum atomic E-state index is -0.922. The molecule has 2 aliphatic heterocycles. The summed E-state index contributed by atoms with van der Waals surface area (Å²) in [4.78, 5) is 18.3. The molecular weight excluding hydrogens is 412 g/mol. The van der Waals surface area contributed by atoms with Gasteiger partial charge in [-0.15, -0.1) is 0 Å². The lowest BCUT2D eigenvalue weighted by atomic mass is 9.76. The van der Waals surface area contributed by atoms with E-state index in [0.29, 0.717) is 11.6 Å². The molecule has 1 unspecified atom stereocenters. The fraction of sp³-hybridized carbons (Fsp3) is 0.143. The minimum absolute atomic E-state index is 0.0855. The predicted molar refractivity (Wildman–Crippen MR) is 126 cm³/mol. The van der Waals surface area contributed by atoms with E-state index in [2.05, 4.69) is 29.6 Å². The van der Waals surface area contributed by atoms with Crippen molar-refractivity contribution in [2.24, 2.45) is 0 Å². The predicted octanol–water partition coefficient (Wildman–Crippen LogP) is 4.90. The lowest BCUT2D eigenvalue weighted by molar-refractivity contribution is -0.119. The van der Waals surface area contributed by atoms with Crippen LogP contribution in [0.1, 0.15) is 33.9 Å². The van der Waals surface area contributed by atoms with E-state index in [9.17, 15) is 4.79 Å². The molecule has 5 nitrogen and oxygen atoms in total. The van der Waals surface area contributed by atoms with Crippen molar-refractivity contribution in [1.29, 1.82) is 0 Å². The van der Waals surface area contributed by atoms with Crippen molar-refractivity contribution in [1.82, 2.24) is 4.98 Å². The summed E-state index contributed by atoms with van der Waals surface area (Å²) >= 11 is 0. The molecule has 3 heterocycles. The number of nitrogens with one attached hydrogen (secondary N) is 1. The average molecular weight is 434 g/mol. The van der Waals surface area contributed by atoms with E-state index >= 15 is 0 Å². The number of ether oxygens (including phenoxy) is 2. The third-order valence-electron chi connectivity index (χ3n) is 6.64. The van der Waals surface area contributed by atoms with Crippen molar-refractivity contribution in [3.63, 3.8) is 0 Å². The van der Waals surface area contributed by atoms with Gasteiger partial charge in [0.15, 0.2) is 0 Å². The monoisotopic (exact) mass is 434 g/mol. The first kappa shape index (κ1) is 19.6. The van der Waals surface area contributed by atoms with Gasteiger partial charge in [-0.3, -0.25) is 4.79 Å². The number of aromatic nitrogens is 1. The number of rotatable bonds is 4. The summed E-state index contributed by atoms with van der Waals surface area (Å²) in [6.07, 6.45) is 0. The van der Waals surface area contributed by atoms with Gasteiger partial charge >= 0.3 is 0 Å². The molecule has 162 valence electrons. The Kier molecular flexibility index (Phi) is 4.44. The second-order valence-corrected chi connectivity index (χ2v) is 8.37. The molecule has 6 rings (SSSR count). The van der Waals surface area contributed by atoms with Gasteiger partial charge in [-0.05, 0) is 22.8 Å². The van der Waals surface area contributed by atoms with E-state index in [1.165, 1.54) is 0 Å². The molecule has 0 fully saturated rings. The number of nitrogens with zero attached hydrogens (tertiary/aromatic N) is 1. The number of para-hydroxylation sites is 1. The Balaban J connectivity index is 1.62. The Morgan fingerprint density at radius 1 is 0.909 bits per heavy atom. The first-order valence-corrected chi connectivity index (χ1v) is 11.0. The van der Waals surface area contributed by atoms with E-state index in [1.54, 1.807) is 7.11 Å². The molecule has 0 bridgehead atoms. The number of anilines is 1. The Morgan fingerprint density at radius 3 is 2.21 bits per heavy atom. The topological polar surface area (TPSA) is 60.5 Å². The summed E-state index contributed by atoms with van der Waals surface area (Å²) in [6, 6.07) is 30.1. The molecule has 2 aliphatic rings. The SMILES string of the molecule is COc1cc2c(c(C(c3ccccc3)c3ccccc3)n1)OCC21C(=O)Nc2ccccc21.